The highest BCUT2D eigenvalue weighted by atomic mass is 35.5. The standard InChI is InChI=1S/C16H16ClFN2O5/c1-9(8-25-2)20-15(23)11(6-19(16(20)24)7-13(21)22)10-4-3-5-12(18)14(10)17/h3-6,9H,7-8H2,1-2H3,(H,21,22)/t9-/m1/s1. The molecule has 1 aromatic carbocycles. The molecular weight excluding hydrogens is 355 g/mol. The summed E-state index contributed by atoms with van der Waals surface area (Å²) in [7, 11) is 1.41. The minimum absolute atomic E-state index is 0.0581. The Balaban J connectivity index is 2.82. The first-order valence-corrected chi connectivity index (χ1v) is 7.66. The average Bonchev–Trinajstić information content (AvgIpc) is 2.53. The number of ether oxygens (including phenoxy) is 1. The van der Waals surface area contributed by atoms with E-state index in [0.29, 0.717) is 0 Å². The number of aromatic nitrogens is 2. The number of halogens is 2. The topological polar surface area (TPSA) is 90.5 Å². The smallest absolute Gasteiger partial charge is 0.331 e. The van der Waals surface area contributed by atoms with Crippen molar-refractivity contribution in [1.29, 1.82) is 0 Å². The lowest BCUT2D eigenvalue weighted by atomic mass is 10.1. The van der Waals surface area contributed by atoms with E-state index in [1.54, 1.807) is 6.92 Å². The normalized spacial score (nSPS) is 12.2. The fraction of sp³-hybridized carbons (Fsp3) is 0.312. The lowest BCUT2D eigenvalue weighted by Crippen LogP contribution is -2.43. The van der Waals surface area contributed by atoms with Gasteiger partial charge in [-0.3, -0.25) is 18.7 Å². The van der Waals surface area contributed by atoms with Gasteiger partial charge in [0.15, 0.2) is 0 Å². The van der Waals surface area contributed by atoms with Gasteiger partial charge in [0.25, 0.3) is 5.56 Å². The molecule has 0 aliphatic carbocycles. The van der Waals surface area contributed by atoms with Crippen LogP contribution in [0.25, 0.3) is 11.1 Å². The summed E-state index contributed by atoms with van der Waals surface area (Å²) in [6.45, 7) is 0.982. The van der Waals surface area contributed by atoms with Crippen LogP contribution in [0.5, 0.6) is 0 Å². The van der Waals surface area contributed by atoms with Gasteiger partial charge in [-0.1, -0.05) is 23.7 Å². The number of carboxylic acids is 1. The van der Waals surface area contributed by atoms with Gasteiger partial charge in [0.2, 0.25) is 0 Å². The Morgan fingerprint density at radius 1 is 1.36 bits per heavy atom. The molecule has 0 spiro atoms. The average molecular weight is 371 g/mol. The number of benzene rings is 1. The minimum atomic E-state index is -1.26. The van der Waals surface area contributed by atoms with E-state index in [-0.39, 0.29) is 22.8 Å². The molecule has 7 nitrogen and oxygen atoms in total. The van der Waals surface area contributed by atoms with Gasteiger partial charge in [-0.05, 0) is 13.0 Å². The SMILES string of the molecule is COC[C@@H](C)n1c(=O)c(-c2cccc(F)c2Cl)cn(CC(=O)O)c1=O. The van der Waals surface area contributed by atoms with E-state index < -0.39 is 35.6 Å². The van der Waals surface area contributed by atoms with Crippen LogP contribution in [0.3, 0.4) is 0 Å². The fourth-order valence-electron chi connectivity index (χ4n) is 2.48. The van der Waals surface area contributed by atoms with Crippen LogP contribution in [0.1, 0.15) is 13.0 Å². The zero-order valence-corrected chi connectivity index (χ0v) is 14.3. The lowest BCUT2D eigenvalue weighted by molar-refractivity contribution is -0.137. The molecule has 1 atom stereocenters. The van der Waals surface area contributed by atoms with Gasteiger partial charge < -0.3 is 9.84 Å². The molecule has 0 unspecified atom stereocenters. The van der Waals surface area contributed by atoms with Gasteiger partial charge in [-0.25, -0.2) is 9.18 Å². The van der Waals surface area contributed by atoms with E-state index in [1.807, 2.05) is 0 Å². The second-order valence-corrected chi connectivity index (χ2v) is 5.81. The maximum absolute atomic E-state index is 13.7. The molecular formula is C16H16ClFN2O5. The first-order valence-electron chi connectivity index (χ1n) is 7.29. The summed E-state index contributed by atoms with van der Waals surface area (Å²) in [5, 5.41) is 8.71. The van der Waals surface area contributed by atoms with Gasteiger partial charge in [0, 0.05) is 18.9 Å². The molecule has 1 heterocycles. The fourth-order valence-corrected chi connectivity index (χ4v) is 2.71. The molecule has 1 N–H and O–H groups in total. The maximum Gasteiger partial charge on any atom is 0.331 e. The Kier molecular flexibility index (Phi) is 5.76. The summed E-state index contributed by atoms with van der Waals surface area (Å²) in [5.41, 5.74) is -1.51. The van der Waals surface area contributed by atoms with E-state index in [2.05, 4.69) is 0 Å². The predicted molar refractivity (Wildman–Crippen MR) is 89.6 cm³/mol. The molecule has 25 heavy (non-hydrogen) atoms. The molecule has 0 aliphatic heterocycles. The first kappa shape index (κ1) is 18.9. The van der Waals surface area contributed by atoms with Crippen LogP contribution in [0.2, 0.25) is 5.02 Å². The summed E-state index contributed by atoms with van der Waals surface area (Å²) in [4.78, 5) is 36.3. The maximum atomic E-state index is 13.7. The molecule has 0 amide bonds. The molecule has 1 aromatic heterocycles. The Morgan fingerprint density at radius 3 is 2.64 bits per heavy atom. The molecule has 0 bridgehead atoms. The number of hydrogen-bond acceptors (Lipinski definition) is 4. The molecule has 2 aromatic rings. The van der Waals surface area contributed by atoms with Crippen molar-refractivity contribution >= 4 is 17.6 Å². The van der Waals surface area contributed by atoms with Gasteiger partial charge in [0.05, 0.1) is 23.2 Å². The number of aliphatic carboxylic acids is 1. The summed E-state index contributed by atoms with van der Waals surface area (Å²) in [6, 6.07) is 3.26. The lowest BCUT2D eigenvalue weighted by Gasteiger charge is -2.17. The minimum Gasteiger partial charge on any atom is -0.480 e. The Bertz CT molecular complexity index is 922. The van der Waals surface area contributed by atoms with Crippen LogP contribution in [0.15, 0.2) is 34.0 Å². The predicted octanol–water partition coefficient (Wildman–Crippen LogP) is 1.76. The van der Waals surface area contributed by atoms with Crippen molar-refractivity contribution in [3.63, 3.8) is 0 Å². The van der Waals surface area contributed by atoms with E-state index in [0.717, 1.165) is 21.4 Å². The zero-order chi connectivity index (χ0) is 18.7. The Morgan fingerprint density at radius 2 is 2.04 bits per heavy atom. The largest absolute Gasteiger partial charge is 0.480 e. The molecule has 2 rings (SSSR count). The highest BCUT2D eigenvalue weighted by molar-refractivity contribution is 6.33. The quantitative estimate of drug-likeness (QED) is 0.836. The molecule has 0 saturated heterocycles. The highest BCUT2D eigenvalue weighted by Gasteiger charge is 2.20. The van der Waals surface area contributed by atoms with E-state index in [4.69, 9.17) is 21.4 Å². The molecule has 0 aliphatic rings. The number of carbonyl (C=O) groups is 1. The van der Waals surface area contributed by atoms with E-state index >= 15 is 0 Å². The summed E-state index contributed by atoms with van der Waals surface area (Å²) < 4.78 is 20.5. The third-order valence-electron chi connectivity index (χ3n) is 3.58. The summed E-state index contributed by atoms with van der Waals surface area (Å²) in [5.74, 6) is -1.99. The van der Waals surface area contributed by atoms with Gasteiger partial charge in [0.1, 0.15) is 12.4 Å². The molecule has 0 fully saturated rings. The van der Waals surface area contributed by atoms with Crippen molar-refractivity contribution < 1.29 is 19.0 Å². The molecule has 0 radical (unpaired) electrons. The number of nitrogens with zero attached hydrogens (tertiary/aromatic N) is 2. The summed E-state index contributed by atoms with van der Waals surface area (Å²) in [6.07, 6.45) is 1.08. The van der Waals surface area contributed by atoms with Crippen LogP contribution < -0.4 is 11.2 Å². The highest BCUT2D eigenvalue weighted by Crippen LogP contribution is 2.27. The molecule has 9 heteroatoms. The van der Waals surface area contributed by atoms with Crippen LogP contribution >= 0.6 is 11.6 Å². The van der Waals surface area contributed by atoms with Gasteiger partial charge >= 0.3 is 11.7 Å². The van der Waals surface area contributed by atoms with Crippen molar-refractivity contribution in [1.82, 2.24) is 9.13 Å². The van der Waals surface area contributed by atoms with Crippen LogP contribution in [0.4, 0.5) is 4.39 Å². The van der Waals surface area contributed by atoms with Crippen molar-refractivity contribution in [3.8, 4) is 11.1 Å². The second-order valence-electron chi connectivity index (χ2n) is 5.43. The number of methoxy groups -OCH3 is 1. The van der Waals surface area contributed by atoms with Gasteiger partial charge in [-0.15, -0.1) is 0 Å². The van der Waals surface area contributed by atoms with Gasteiger partial charge in [-0.2, -0.15) is 0 Å². The molecule has 0 saturated carbocycles. The number of hydrogen-bond donors (Lipinski definition) is 1. The molecule has 134 valence electrons. The zero-order valence-electron chi connectivity index (χ0n) is 13.5. The Labute approximate surface area is 146 Å². The van der Waals surface area contributed by atoms with Crippen LogP contribution in [0, 0.1) is 5.82 Å². The third-order valence-corrected chi connectivity index (χ3v) is 3.97. The van der Waals surface area contributed by atoms with Crippen molar-refractivity contribution in [2.75, 3.05) is 13.7 Å². The number of carboxylic acid groups (broad SMARTS) is 1. The van der Waals surface area contributed by atoms with Crippen molar-refractivity contribution in [2.45, 2.75) is 19.5 Å². The Hall–Kier alpha value is -2.45. The summed E-state index contributed by atoms with van der Waals surface area (Å²) >= 11 is 5.94. The van der Waals surface area contributed by atoms with E-state index in [9.17, 15) is 18.8 Å². The second kappa shape index (κ2) is 7.62. The van der Waals surface area contributed by atoms with Crippen LogP contribution in [-0.4, -0.2) is 33.9 Å². The first-order chi connectivity index (χ1) is 11.8. The number of rotatable bonds is 6. The van der Waals surface area contributed by atoms with E-state index in [1.165, 1.54) is 19.2 Å². The van der Waals surface area contributed by atoms with Crippen LogP contribution in [-0.2, 0) is 16.1 Å². The van der Waals surface area contributed by atoms with Crippen molar-refractivity contribution in [2.24, 2.45) is 0 Å². The third kappa shape index (κ3) is 3.80. The van der Waals surface area contributed by atoms with Crippen molar-refractivity contribution in [3.05, 3.63) is 56.1 Å². The monoisotopic (exact) mass is 370 g/mol.